The van der Waals surface area contributed by atoms with Gasteiger partial charge in [0.1, 0.15) is 0 Å². The van der Waals surface area contributed by atoms with Gasteiger partial charge in [-0.2, -0.15) is 5.26 Å². The fourth-order valence-corrected chi connectivity index (χ4v) is 1.45. The Morgan fingerprint density at radius 3 is 1.85 bits per heavy atom. The lowest BCUT2D eigenvalue weighted by atomic mass is 10.1. The summed E-state index contributed by atoms with van der Waals surface area (Å²) in [6.07, 6.45) is 0. The fourth-order valence-electron chi connectivity index (χ4n) is 1.45. The van der Waals surface area contributed by atoms with Gasteiger partial charge in [-0.1, -0.05) is 12.1 Å². The van der Waals surface area contributed by atoms with Gasteiger partial charge in [0.25, 0.3) is 11.4 Å². The molecule has 1 aromatic carbocycles. The summed E-state index contributed by atoms with van der Waals surface area (Å²) < 4.78 is 0. The summed E-state index contributed by atoms with van der Waals surface area (Å²) in [6, 6.07) is 7.45. The van der Waals surface area contributed by atoms with E-state index in [0.717, 1.165) is 0 Å². The van der Waals surface area contributed by atoms with E-state index in [-0.39, 0.29) is 33.1 Å². The first-order valence-corrected chi connectivity index (χ1v) is 4.92. The van der Waals surface area contributed by atoms with Crippen LogP contribution >= 0.6 is 0 Å². The summed E-state index contributed by atoms with van der Waals surface area (Å²) >= 11 is 0. The SMILES string of the molecule is [C-]#[N+]/C(C#N)=c1/cc(C#N)/c(=C(\C#N)[N+]#[C-])cc1[N+]#[C-]. The Kier molecular flexibility index (Phi) is 4.19. The molecule has 0 N–H and O–H groups in total. The second kappa shape index (κ2) is 6.00. The van der Waals surface area contributed by atoms with Crippen molar-refractivity contribution in [1.29, 1.82) is 15.8 Å². The maximum absolute atomic E-state index is 9.05. The highest BCUT2D eigenvalue weighted by atomic mass is 14.7. The van der Waals surface area contributed by atoms with Crippen LogP contribution in [0.3, 0.4) is 0 Å². The van der Waals surface area contributed by atoms with Crippen LogP contribution in [0.1, 0.15) is 5.56 Å². The fraction of sp³-hybridized carbons (Fsp3) is 0. The molecule has 0 saturated carbocycles. The van der Waals surface area contributed by atoms with Gasteiger partial charge in [0.05, 0.1) is 37.9 Å². The molecule has 0 heterocycles. The van der Waals surface area contributed by atoms with Crippen molar-refractivity contribution in [2.24, 2.45) is 0 Å². The molecule has 0 radical (unpaired) electrons. The van der Waals surface area contributed by atoms with E-state index in [0.29, 0.717) is 0 Å². The van der Waals surface area contributed by atoms with Gasteiger partial charge in [-0.25, -0.2) is 25.1 Å². The van der Waals surface area contributed by atoms with E-state index in [1.807, 2.05) is 0 Å². The highest BCUT2D eigenvalue weighted by molar-refractivity contribution is 5.74. The second-order valence-corrected chi connectivity index (χ2v) is 3.28. The molecule has 0 bridgehead atoms. The van der Waals surface area contributed by atoms with Gasteiger partial charge in [0.15, 0.2) is 5.69 Å². The molecule has 88 valence electrons. The van der Waals surface area contributed by atoms with E-state index in [2.05, 4.69) is 14.5 Å². The molecule has 6 heteroatoms. The van der Waals surface area contributed by atoms with Crippen molar-refractivity contribution in [3.8, 4) is 18.2 Å². The van der Waals surface area contributed by atoms with E-state index in [1.54, 1.807) is 18.2 Å². The molecule has 0 aliphatic rings. The van der Waals surface area contributed by atoms with E-state index in [1.165, 1.54) is 12.1 Å². The van der Waals surface area contributed by atoms with Gasteiger partial charge in [-0.3, -0.25) is 0 Å². The van der Waals surface area contributed by atoms with Crippen molar-refractivity contribution in [1.82, 2.24) is 0 Å². The zero-order chi connectivity index (χ0) is 15.1. The van der Waals surface area contributed by atoms with Gasteiger partial charge < -0.3 is 0 Å². The Balaban J connectivity index is 4.21. The van der Waals surface area contributed by atoms with Gasteiger partial charge >= 0.3 is 0 Å². The van der Waals surface area contributed by atoms with Gasteiger partial charge in [0, 0.05) is 5.56 Å². The monoisotopic (exact) mass is 254 g/mol. The summed E-state index contributed by atoms with van der Waals surface area (Å²) in [5, 5.41) is 26.8. The van der Waals surface area contributed by atoms with Crippen LogP contribution in [-0.2, 0) is 0 Å². The lowest BCUT2D eigenvalue weighted by molar-refractivity contribution is 1.42. The predicted octanol–water partition coefficient (Wildman–Crippen LogP) is 1.21. The number of nitriles is 3. The van der Waals surface area contributed by atoms with Crippen LogP contribution in [0.25, 0.3) is 25.9 Å². The summed E-state index contributed by atoms with van der Waals surface area (Å²) in [6.45, 7) is 20.8. The largest absolute Gasteiger partial charge is 0.269 e. The Morgan fingerprint density at radius 2 is 1.45 bits per heavy atom. The molecule has 0 saturated heterocycles. The number of rotatable bonds is 0. The number of hydrogen-bond acceptors (Lipinski definition) is 3. The van der Waals surface area contributed by atoms with Crippen molar-refractivity contribution in [2.75, 3.05) is 0 Å². The average molecular weight is 254 g/mol. The van der Waals surface area contributed by atoms with Crippen LogP contribution in [0.15, 0.2) is 12.1 Å². The third-order valence-electron chi connectivity index (χ3n) is 2.32. The number of nitrogens with zero attached hydrogens (tertiary/aromatic N) is 6. The molecular weight excluding hydrogens is 252 g/mol. The Hall–Kier alpha value is -4.10. The van der Waals surface area contributed by atoms with Crippen molar-refractivity contribution in [2.45, 2.75) is 0 Å². The minimum atomic E-state index is -0.320. The van der Waals surface area contributed by atoms with Crippen LogP contribution in [0.4, 0.5) is 5.69 Å². The first-order chi connectivity index (χ1) is 9.66. The smallest absolute Gasteiger partial charge is 0.239 e. The first-order valence-electron chi connectivity index (χ1n) is 4.92. The van der Waals surface area contributed by atoms with Crippen molar-refractivity contribution < 1.29 is 0 Å². The highest BCUT2D eigenvalue weighted by Gasteiger charge is 2.08. The second-order valence-electron chi connectivity index (χ2n) is 3.28. The minimum Gasteiger partial charge on any atom is -0.239 e. The van der Waals surface area contributed by atoms with E-state index in [4.69, 9.17) is 35.5 Å². The molecule has 0 atom stereocenters. The van der Waals surface area contributed by atoms with Crippen LogP contribution in [-0.4, -0.2) is 0 Å². The number of hydrogen-bond donors (Lipinski definition) is 0. The maximum atomic E-state index is 9.05. The predicted molar refractivity (Wildman–Crippen MR) is 67.9 cm³/mol. The zero-order valence-electron chi connectivity index (χ0n) is 9.84. The molecule has 0 aromatic heterocycles. The minimum absolute atomic E-state index is 0.0278. The molecule has 0 fully saturated rings. The van der Waals surface area contributed by atoms with E-state index in [9.17, 15) is 0 Å². The Morgan fingerprint density at radius 1 is 0.900 bits per heavy atom. The van der Waals surface area contributed by atoms with Crippen LogP contribution < -0.4 is 10.4 Å². The van der Waals surface area contributed by atoms with Crippen molar-refractivity contribution >= 4 is 17.1 Å². The average Bonchev–Trinajstić information content (AvgIpc) is 2.50. The molecular formula is C14H2N6. The van der Waals surface area contributed by atoms with Crippen molar-refractivity contribution in [3.63, 3.8) is 0 Å². The lowest BCUT2D eigenvalue weighted by Crippen LogP contribution is -2.16. The molecule has 6 nitrogen and oxygen atoms in total. The maximum Gasteiger partial charge on any atom is 0.269 e. The Bertz CT molecular complexity index is 842. The zero-order valence-corrected chi connectivity index (χ0v) is 9.84. The summed E-state index contributed by atoms with van der Waals surface area (Å²) in [4.78, 5) is 9.17. The summed E-state index contributed by atoms with van der Waals surface area (Å²) in [7, 11) is 0. The number of benzene rings is 1. The molecule has 0 amide bonds. The van der Waals surface area contributed by atoms with Crippen LogP contribution in [0, 0.1) is 53.7 Å². The summed E-state index contributed by atoms with van der Waals surface area (Å²) in [5.74, 6) is 0. The standard InChI is InChI=1S/C14H2N6/c1-18-12-5-10(13(7-16)19-2)9(6-15)4-11(12)14(8-17)20-3/h4-5H/b13-10+,14-11-. The van der Waals surface area contributed by atoms with Gasteiger partial charge in [0.2, 0.25) is 0 Å². The molecule has 0 aliphatic heterocycles. The van der Waals surface area contributed by atoms with Crippen LogP contribution in [0.2, 0.25) is 0 Å². The normalized spacial score (nSPS) is 11.3. The lowest BCUT2D eigenvalue weighted by Gasteiger charge is -1.98. The third-order valence-corrected chi connectivity index (χ3v) is 2.32. The quantitative estimate of drug-likeness (QED) is 0.652. The van der Waals surface area contributed by atoms with E-state index < -0.39 is 0 Å². The van der Waals surface area contributed by atoms with Gasteiger partial charge in [-0.15, -0.1) is 0 Å². The van der Waals surface area contributed by atoms with Crippen LogP contribution in [0.5, 0.6) is 0 Å². The van der Waals surface area contributed by atoms with Crippen molar-refractivity contribution in [3.05, 3.63) is 62.4 Å². The third kappa shape index (κ3) is 2.27. The summed E-state index contributed by atoms with van der Waals surface area (Å²) in [5.41, 5.74) is -0.723. The molecule has 1 aromatic rings. The Labute approximate surface area is 114 Å². The first kappa shape index (κ1) is 14.0. The van der Waals surface area contributed by atoms with Gasteiger partial charge in [-0.05, 0) is 10.4 Å². The topological polar surface area (TPSA) is 84.4 Å². The molecule has 20 heavy (non-hydrogen) atoms. The molecule has 0 unspecified atom stereocenters. The molecule has 1 rings (SSSR count). The highest BCUT2D eigenvalue weighted by Crippen LogP contribution is 2.07. The van der Waals surface area contributed by atoms with E-state index >= 15 is 0 Å². The molecule has 0 spiro atoms. The molecule has 0 aliphatic carbocycles.